The van der Waals surface area contributed by atoms with E-state index >= 15 is 0 Å². The van der Waals surface area contributed by atoms with Crippen LogP contribution in [0.3, 0.4) is 0 Å². The lowest BCUT2D eigenvalue weighted by molar-refractivity contribution is -0.119. The van der Waals surface area contributed by atoms with Gasteiger partial charge < -0.3 is 5.73 Å². The van der Waals surface area contributed by atoms with Crippen LogP contribution in [-0.4, -0.2) is 17.0 Å². The molecule has 0 saturated heterocycles. The zero-order valence-electron chi connectivity index (χ0n) is 10.9. The van der Waals surface area contributed by atoms with Crippen molar-refractivity contribution in [2.24, 2.45) is 11.7 Å². The first kappa shape index (κ1) is 18.1. The van der Waals surface area contributed by atoms with Crippen molar-refractivity contribution >= 4 is 33.7 Å². The molecule has 1 unspecified atom stereocenters. The molecule has 0 bridgehead atoms. The summed E-state index contributed by atoms with van der Waals surface area (Å²) in [6.07, 6.45) is 1.59. The molecule has 1 aromatic rings. The van der Waals surface area contributed by atoms with Crippen LogP contribution in [0, 0.1) is 5.92 Å². The molecular weight excluding hydrogens is 285 g/mol. The van der Waals surface area contributed by atoms with Gasteiger partial charge in [-0.15, -0.1) is 0 Å². The smallest absolute Gasteiger partial charge is 0.225 e. The SMILES string of the molecule is CCC(CC(=O)Cl)C(=O)Cl.NCCc1ccccc1. The van der Waals surface area contributed by atoms with Crippen molar-refractivity contribution in [2.75, 3.05) is 6.54 Å². The molecule has 0 fully saturated rings. The van der Waals surface area contributed by atoms with E-state index in [2.05, 4.69) is 12.1 Å². The lowest BCUT2D eigenvalue weighted by Crippen LogP contribution is -2.10. The number of benzene rings is 1. The second-order valence-corrected chi connectivity index (χ2v) is 4.79. The fourth-order valence-electron chi connectivity index (χ4n) is 1.39. The van der Waals surface area contributed by atoms with Gasteiger partial charge in [-0.05, 0) is 48.2 Å². The van der Waals surface area contributed by atoms with Gasteiger partial charge in [-0.2, -0.15) is 0 Å². The van der Waals surface area contributed by atoms with Crippen molar-refractivity contribution in [3.63, 3.8) is 0 Å². The molecule has 5 heteroatoms. The normalized spacial score (nSPS) is 11.2. The summed E-state index contributed by atoms with van der Waals surface area (Å²) >= 11 is 10.2. The maximum atomic E-state index is 10.5. The van der Waals surface area contributed by atoms with Crippen LogP contribution in [-0.2, 0) is 16.0 Å². The summed E-state index contributed by atoms with van der Waals surface area (Å²) in [6.45, 7) is 2.52. The number of hydrogen-bond acceptors (Lipinski definition) is 3. The summed E-state index contributed by atoms with van der Waals surface area (Å²) in [5, 5.41) is -1.00. The predicted molar refractivity (Wildman–Crippen MR) is 79.3 cm³/mol. The van der Waals surface area contributed by atoms with E-state index in [0.29, 0.717) is 6.42 Å². The van der Waals surface area contributed by atoms with Gasteiger partial charge in [0.15, 0.2) is 0 Å². The molecule has 0 aliphatic rings. The number of halogens is 2. The summed E-state index contributed by atoms with van der Waals surface area (Å²) in [7, 11) is 0. The van der Waals surface area contributed by atoms with Crippen molar-refractivity contribution in [3.05, 3.63) is 35.9 Å². The van der Waals surface area contributed by atoms with Crippen LogP contribution in [0.5, 0.6) is 0 Å². The minimum atomic E-state index is -0.513. The van der Waals surface area contributed by atoms with Crippen LogP contribution in [0.15, 0.2) is 30.3 Å². The minimum absolute atomic E-state index is 0.0421. The van der Waals surface area contributed by atoms with Gasteiger partial charge >= 0.3 is 0 Å². The molecule has 0 heterocycles. The molecule has 3 nitrogen and oxygen atoms in total. The van der Waals surface area contributed by atoms with Crippen molar-refractivity contribution < 1.29 is 9.59 Å². The van der Waals surface area contributed by atoms with Crippen LogP contribution in [0.2, 0.25) is 0 Å². The lowest BCUT2D eigenvalue weighted by Gasteiger charge is -2.03. The first-order valence-corrected chi connectivity index (χ1v) is 6.88. The first-order valence-electron chi connectivity index (χ1n) is 6.12. The molecule has 0 aliphatic heterocycles. The molecule has 1 aromatic carbocycles. The van der Waals surface area contributed by atoms with E-state index in [1.165, 1.54) is 5.56 Å². The summed E-state index contributed by atoms with van der Waals surface area (Å²) in [4.78, 5) is 20.7. The molecular formula is C14H19Cl2NO2. The Labute approximate surface area is 124 Å². The molecule has 1 rings (SSSR count). The number of rotatable bonds is 6. The fourth-order valence-corrected chi connectivity index (χ4v) is 1.81. The van der Waals surface area contributed by atoms with E-state index in [-0.39, 0.29) is 6.42 Å². The van der Waals surface area contributed by atoms with Gasteiger partial charge in [-0.25, -0.2) is 0 Å². The predicted octanol–water partition coefficient (Wildman–Crippen LogP) is 3.12. The molecule has 0 radical (unpaired) electrons. The molecule has 1 atom stereocenters. The van der Waals surface area contributed by atoms with Crippen LogP contribution >= 0.6 is 23.2 Å². The summed E-state index contributed by atoms with van der Waals surface area (Å²) in [5.41, 5.74) is 6.68. The Morgan fingerprint density at radius 1 is 1.21 bits per heavy atom. The number of carbonyl (C=O) groups is 2. The number of carbonyl (C=O) groups excluding carboxylic acids is 2. The Balaban J connectivity index is 0.000000342. The molecule has 19 heavy (non-hydrogen) atoms. The Morgan fingerprint density at radius 3 is 2.11 bits per heavy atom. The van der Waals surface area contributed by atoms with Gasteiger partial charge in [0.05, 0.1) is 0 Å². The van der Waals surface area contributed by atoms with E-state index in [9.17, 15) is 9.59 Å². The lowest BCUT2D eigenvalue weighted by atomic mass is 10.1. The van der Waals surface area contributed by atoms with Crippen LogP contribution < -0.4 is 5.73 Å². The third kappa shape index (κ3) is 9.65. The molecule has 0 aromatic heterocycles. The second-order valence-electron chi connectivity index (χ2n) is 3.99. The van der Waals surface area contributed by atoms with Gasteiger partial charge in [0, 0.05) is 12.3 Å². The highest BCUT2D eigenvalue weighted by atomic mass is 35.5. The van der Waals surface area contributed by atoms with Crippen LogP contribution in [0.1, 0.15) is 25.3 Å². The molecule has 2 N–H and O–H groups in total. The van der Waals surface area contributed by atoms with Gasteiger partial charge in [-0.3, -0.25) is 9.59 Å². The average Bonchev–Trinajstić information content (AvgIpc) is 2.38. The van der Waals surface area contributed by atoms with Gasteiger partial charge in [0.1, 0.15) is 0 Å². The standard InChI is InChI=1S/C8H11N.C6H8Cl2O2/c9-7-6-8-4-2-1-3-5-8;1-2-4(6(8)10)3-5(7)9/h1-5H,6-7,9H2;4H,2-3H2,1H3. The van der Waals surface area contributed by atoms with E-state index in [1.54, 1.807) is 6.92 Å². The maximum Gasteiger partial charge on any atom is 0.225 e. The van der Waals surface area contributed by atoms with Gasteiger partial charge in [0.2, 0.25) is 10.5 Å². The molecule has 0 aliphatic carbocycles. The van der Waals surface area contributed by atoms with Crippen molar-refractivity contribution in [1.29, 1.82) is 0 Å². The number of hydrogen-bond donors (Lipinski definition) is 1. The monoisotopic (exact) mass is 303 g/mol. The van der Waals surface area contributed by atoms with E-state index in [0.717, 1.165) is 13.0 Å². The zero-order valence-corrected chi connectivity index (χ0v) is 12.5. The van der Waals surface area contributed by atoms with E-state index in [1.807, 2.05) is 18.2 Å². The van der Waals surface area contributed by atoms with Crippen molar-refractivity contribution in [2.45, 2.75) is 26.2 Å². The van der Waals surface area contributed by atoms with Crippen molar-refractivity contribution in [1.82, 2.24) is 0 Å². The molecule has 0 spiro atoms. The Hall–Kier alpha value is -0.900. The summed E-state index contributed by atoms with van der Waals surface area (Å²) in [6, 6.07) is 10.3. The number of nitrogens with two attached hydrogens (primary N) is 1. The highest BCUT2D eigenvalue weighted by Crippen LogP contribution is 2.13. The first-order chi connectivity index (χ1) is 9.01. The van der Waals surface area contributed by atoms with Gasteiger partial charge in [0.25, 0.3) is 0 Å². The molecule has 106 valence electrons. The second kappa shape index (κ2) is 11.0. The van der Waals surface area contributed by atoms with Gasteiger partial charge in [-0.1, -0.05) is 37.3 Å². The van der Waals surface area contributed by atoms with E-state index < -0.39 is 16.4 Å². The highest BCUT2D eigenvalue weighted by molar-refractivity contribution is 6.66. The Morgan fingerprint density at radius 2 is 1.79 bits per heavy atom. The third-order valence-electron chi connectivity index (χ3n) is 2.50. The van der Waals surface area contributed by atoms with Crippen molar-refractivity contribution in [3.8, 4) is 0 Å². The van der Waals surface area contributed by atoms with Crippen LogP contribution in [0.4, 0.5) is 0 Å². The Kier molecular flexibility index (Phi) is 10.5. The fraction of sp³-hybridized carbons (Fsp3) is 0.429. The Bertz CT molecular complexity index is 382. The molecule has 0 saturated carbocycles. The minimum Gasteiger partial charge on any atom is -0.330 e. The largest absolute Gasteiger partial charge is 0.330 e. The van der Waals surface area contributed by atoms with E-state index in [4.69, 9.17) is 28.9 Å². The third-order valence-corrected chi connectivity index (χ3v) is 2.96. The van der Waals surface area contributed by atoms with Crippen LogP contribution in [0.25, 0.3) is 0 Å². The molecule has 0 amide bonds. The zero-order chi connectivity index (χ0) is 14.7. The highest BCUT2D eigenvalue weighted by Gasteiger charge is 2.16. The summed E-state index contributed by atoms with van der Waals surface area (Å²) in [5.74, 6) is -0.410. The topological polar surface area (TPSA) is 60.2 Å². The maximum absolute atomic E-state index is 10.5. The quantitative estimate of drug-likeness (QED) is 0.821. The summed E-state index contributed by atoms with van der Waals surface area (Å²) < 4.78 is 0. The average molecular weight is 304 g/mol.